The number of nitrogen functional groups attached to an aromatic ring is 1. The number of hydrogen-bond donors (Lipinski definition) is 3. The average molecular weight is 619 g/mol. The minimum absolute atomic E-state index is 0.138. The van der Waals surface area contributed by atoms with Crippen molar-refractivity contribution in [2.45, 2.75) is 16.0 Å². The molecule has 0 fully saturated rings. The molecule has 4 aromatic rings. The molecule has 3 aromatic carbocycles. The normalized spacial score (nSPS) is 14.4. The minimum atomic E-state index is -1.25. The van der Waals surface area contributed by atoms with Gasteiger partial charge in [0.25, 0.3) is 11.8 Å². The Balaban J connectivity index is 1.51. The molecule has 1 unspecified atom stereocenters. The number of carbonyl (C=O) groups excluding carboxylic acids is 1. The number of benzene rings is 3. The van der Waals surface area contributed by atoms with Gasteiger partial charge in [0.2, 0.25) is 11.6 Å². The van der Waals surface area contributed by atoms with Crippen molar-refractivity contribution < 1.29 is 28.2 Å². The first-order chi connectivity index (χ1) is 21.0. The molecule has 13 heteroatoms. The third-order valence-electron chi connectivity index (χ3n) is 6.63. The number of aromatic nitrogens is 1. The summed E-state index contributed by atoms with van der Waals surface area (Å²) >= 11 is 1.36. The van der Waals surface area contributed by atoms with Crippen LogP contribution in [-0.4, -0.2) is 65.5 Å². The standard InChI is InChI=1S/C31H28F2N6O4S/c1-38(2)31(41)19-6-4-5-7-25(19)44-18-9-11-23(20(15-18)29-36-12-13-39(29)3)42-27-21(32)16-37-30(26(27)33)43-24-14-17(28(34)35)8-10-22(24)40/h4-12,14-16,29,40H,13H2,1-3H3,(H3,34,35). The van der Waals surface area contributed by atoms with Gasteiger partial charge in [-0.3, -0.25) is 20.1 Å². The highest BCUT2D eigenvalue weighted by atomic mass is 32.2. The van der Waals surface area contributed by atoms with Gasteiger partial charge in [0.1, 0.15) is 17.8 Å². The number of pyridine rings is 1. The largest absolute Gasteiger partial charge is 0.504 e. The summed E-state index contributed by atoms with van der Waals surface area (Å²) in [4.78, 5) is 25.9. The highest BCUT2D eigenvalue weighted by Crippen LogP contribution is 2.42. The second-order valence-corrected chi connectivity index (χ2v) is 11.1. The molecule has 1 aromatic heterocycles. The van der Waals surface area contributed by atoms with Crippen LogP contribution in [0.2, 0.25) is 0 Å². The predicted octanol–water partition coefficient (Wildman–Crippen LogP) is 5.80. The van der Waals surface area contributed by atoms with E-state index in [0.29, 0.717) is 17.7 Å². The Bertz CT molecular complexity index is 1780. The van der Waals surface area contributed by atoms with E-state index in [9.17, 15) is 14.3 Å². The van der Waals surface area contributed by atoms with Crippen LogP contribution in [0.3, 0.4) is 0 Å². The first-order valence-electron chi connectivity index (χ1n) is 13.2. The number of hydrogen-bond acceptors (Lipinski definition) is 9. The average Bonchev–Trinajstić information content (AvgIpc) is 3.43. The van der Waals surface area contributed by atoms with E-state index in [1.165, 1.54) is 34.9 Å². The number of nitrogens with zero attached hydrogens (tertiary/aromatic N) is 4. The number of rotatable bonds is 9. The van der Waals surface area contributed by atoms with Crippen LogP contribution in [0, 0.1) is 17.0 Å². The Hall–Kier alpha value is -5.01. The van der Waals surface area contributed by atoms with E-state index in [1.54, 1.807) is 50.6 Å². The molecule has 2 heterocycles. The minimum Gasteiger partial charge on any atom is -0.504 e. The molecular formula is C31H28F2N6O4S. The monoisotopic (exact) mass is 618 g/mol. The molecule has 1 aliphatic heterocycles. The van der Waals surface area contributed by atoms with Crippen molar-refractivity contribution in [3.05, 3.63) is 95.2 Å². The molecule has 0 bridgehead atoms. The first kappa shape index (κ1) is 30.4. The number of aliphatic imine (C=N–C) groups is 1. The van der Waals surface area contributed by atoms with E-state index in [4.69, 9.17) is 20.6 Å². The molecule has 1 amide bonds. The fourth-order valence-electron chi connectivity index (χ4n) is 4.37. The molecule has 0 saturated carbocycles. The van der Waals surface area contributed by atoms with E-state index >= 15 is 4.39 Å². The van der Waals surface area contributed by atoms with Gasteiger partial charge < -0.3 is 25.2 Å². The van der Waals surface area contributed by atoms with Crippen LogP contribution in [0.25, 0.3) is 0 Å². The third-order valence-corrected chi connectivity index (χ3v) is 7.70. The van der Waals surface area contributed by atoms with Gasteiger partial charge in [-0.2, -0.15) is 4.39 Å². The van der Waals surface area contributed by atoms with Crippen LogP contribution in [0.4, 0.5) is 8.78 Å². The maximum atomic E-state index is 15.7. The number of phenols is 1. The van der Waals surface area contributed by atoms with Crippen LogP contribution in [0.1, 0.15) is 27.7 Å². The number of aromatic hydroxyl groups is 1. The molecule has 226 valence electrons. The second kappa shape index (κ2) is 12.7. The van der Waals surface area contributed by atoms with E-state index in [-0.39, 0.29) is 34.6 Å². The van der Waals surface area contributed by atoms with Crippen molar-refractivity contribution in [2.75, 3.05) is 27.7 Å². The number of amidine groups is 1. The molecule has 1 atom stereocenters. The topological polar surface area (TPSA) is 137 Å². The Morgan fingerprint density at radius 2 is 1.89 bits per heavy atom. The predicted molar refractivity (Wildman–Crippen MR) is 162 cm³/mol. The van der Waals surface area contributed by atoms with Gasteiger partial charge in [-0.1, -0.05) is 23.9 Å². The van der Waals surface area contributed by atoms with E-state index in [0.717, 1.165) is 16.0 Å². The summed E-state index contributed by atoms with van der Waals surface area (Å²) in [6.45, 7) is 0.556. The van der Waals surface area contributed by atoms with Gasteiger partial charge in [0.15, 0.2) is 17.3 Å². The number of ether oxygens (including phenoxy) is 2. The van der Waals surface area contributed by atoms with Gasteiger partial charge in [-0.15, -0.1) is 0 Å². The maximum absolute atomic E-state index is 15.7. The summed E-state index contributed by atoms with van der Waals surface area (Å²) in [7, 11) is 5.22. The number of phenolic OH excluding ortho intramolecular Hbond substituents is 1. The van der Waals surface area contributed by atoms with Gasteiger partial charge in [0.05, 0.1) is 11.8 Å². The molecule has 44 heavy (non-hydrogen) atoms. The Labute approximate surface area is 256 Å². The lowest BCUT2D eigenvalue weighted by molar-refractivity contribution is 0.0824. The Morgan fingerprint density at radius 3 is 2.59 bits per heavy atom. The lowest BCUT2D eigenvalue weighted by Crippen LogP contribution is -2.22. The molecule has 0 spiro atoms. The van der Waals surface area contributed by atoms with Crippen molar-refractivity contribution in [1.82, 2.24) is 14.8 Å². The highest BCUT2D eigenvalue weighted by Gasteiger charge is 2.27. The number of nitrogens with two attached hydrogens (primary N) is 1. The molecule has 0 aliphatic carbocycles. The van der Waals surface area contributed by atoms with Gasteiger partial charge in [-0.25, -0.2) is 9.37 Å². The van der Waals surface area contributed by atoms with Crippen LogP contribution >= 0.6 is 11.8 Å². The summed E-state index contributed by atoms with van der Waals surface area (Å²) in [6, 6.07) is 16.2. The number of carbonyl (C=O) groups is 1. The summed E-state index contributed by atoms with van der Waals surface area (Å²) in [6.07, 6.45) is 1.97. The number of nitrogens with one attached hydrogen (secondary N) is 1. The van der Waals surface area contributed by atoms with Crippen LogP contribution in [-0.2, 0) is 0 Å². The third kappa shape index (κ3) is 6.33. The highest BCUT2D eigenvalue weighted by molar-refractivity contribution is 7.99. The van der Waals surface area contributed by atoms with Crippen molar-refractivity contribution in [3.8, 4) is 28.9 Å². The zero-order chi connectivity index (χ0) is 31.5. The van der Waals surface area contributed by atoms with Crippen molar-refractivity contribution in [1.29, 1.82) is 5.41 Å². The smallest absolute Gasteiger partial charge is 0.260 e. The lowest BCUT2D eigenvalue weighted by Gasteiger charge is -2.22. The summed E-state index contributed by atoms with van der Waals surface area (Å²) in [5.41, 5.74) is 6.79. The van der Waals surface area contributed by atoms with Gasteiger partial charge >= 0.3 is 0 Å². The molecule has 0 saturated heterocycles. The summed E-state index contributed by atoms with van der Waals surface area (Å²) in [5, 5.41) is 17.8. The molecule has 0 radical (unpaired) electrons. The quantitative estimate of drug-likeness (QED) is 0.158. The SMILES string of the molecule is CN(C)C(=O)c1ccccc1Sc1ccc(Oc2c(F)cnc(Oc3cc(C(=N)N)ccc3O)c2F)c(C2N=CCN2C)c1. The Kier molecular flexibility index (Phi) is 8.78. The molecule has 4 N–H and O–H groups in total. The van der Waals surface area contributed by atoms with Crippen LogP contribution in [0.15, 0.2) is 81.6 Å². The van der Waals surface area contributed by atoms with Crippen molar-refractivity contribution in [2.24, 2.45) is 10.7 Å². The zero-order valence-corrected chi connectivity index (χ0v) is 24.7. The molecule has 10 nitrogen and oxygen atoms in total. The van der Waals surface area contributed by atoms with Crippen molar-refractivity contribution in [3.63, 3.8) is 0 Å². The molecular weight excluding hydrogens is 590 g/mol. The zero-order valence-electron chi connectivity index (χ0n) is 23.9. The van der Waals surface area contributed by atoms with Crippen LogP contribution < -0.4 is 15.2 Å². The summed E-state index contributed by atoms with van der Waals surface area (Å²) < 4.78 is 41.9. The summed E-state index contributed by atoms with van der Waals surface area (Å²) in [5.74, 6) is -4.67. The molecule has 5 rings (SSSR count). The fourth-order valence-corrected chi connectivity index (χ4v) is 5.35. The lowest BCUT2D eigenvalue weighted by atomic mass is 10.1. The Morgan fingerprint density at radius 1 is 1.11 bits per heavy atom. The van der Waals surface area contributed by atoms with E-state index < -0.39 is 29.4 Å². The van der Waals surface area contributed by atoms with Gasteiger partial charge in [0, 0.05) is 47.8 Å². The van der Waals surface area contributed by atoms with E-state index in [2.05, 4.69) is 9.98 Å². The first-order valence-corrected chi connectivity index (χ1v) is 14.1. The van der Waals surface area contributed by atoms with E-state index in [1.807, 2.05) is 24.1 Å². The molecule has 1 aliphatic rings. The number of amides is 1. The van der Waals surface area contributed by atoms with Crippen LogP contribution in [0.5, 0.6) is 28.9 Å². The maximum Gasteiger partial charge on any atom is 0.260 e. The number of halogens is 2. The van der Waals surface area contributed by atoms with Gasteiger partial charge in [-0.05, 0) is 55.6 Å². The van der Waals surface area contributed by atoms with Crippen molar-refractivity contribution >= 4 is 29.7 Å². The second-order valence-electron chi connectivity index (χ2n) is 10.00. The fraction of sp³-hybridized carbons (Fsp3) is 0.161.